The van der Waals surface area contributed by atoms with E-state index in [0.717, 1.165) is 66.8 Å². The fourth-order valence-electron chi connectivity index (χ4n) is 8.53. The smallest absolute Gasteiger partial charge is 0.136 e. The molecule has 0 saturated heterocycles. The average molecular weight is 740 g/mol. The molecule has 0 fully saturated rings. The summed E-state index contributed by atoms with van der Waals surface area (Å²) in [7, 11) is 0. The second kappa shape index (κ2) is 14.1. The first kappa shape index (κ1) is 33.6. The van der Waals surface area contributed by atoms with Crippen molar-refractivity contribution in [3.05, 3.63) is 224 Å². The molecular formula is C56H37NO. The van der Waals surface area contributed by atoms with Crippen molar-refractivity contribution in [2.75, 3.05) is 4.90 Å². The highest BCUT2D eigenvalue weighted by molar-refractivity contribution is 6.06. The minimum absolute atomic E-state index is 0.897. The normalized spacial score (nSPS) is 11.4. The third-order valence-corrected chi connectivity index (χ3v) is 11.5. The average Bonchev–Trinajstić information content (AvgIpc) is 3.67. The van der Waals surface area contributed by atoms with Crippen molar-refractivity contribution in [3.63, 3.8) is 0 Å². The molecule has 0 amide bonds. The van der Waals surface area contributed by atoms with Crippen LogP contribution in [0, 0.1) is 0 Å². The zero-order valence-corrected chi connectivity index (χ0v) is 31.7. The van der Waals surface area contributed by atoms with Gasteiger partial charge in [0.25, 0.3) is 0 Å². The van der Waals surface area contributed by atoms with E-state index in [0.29, 0.717) is 0 Å². The van der Waals surface area contributed by atoms with Gasteiger partial charge < -0.3 is 9.32 Å². The summed E-state index contributed by atoms with van der Waals surface area (Å²) in [5, 5.41) is 7.23. The van der Waals surface area contributed by atoms with Crippen LogP contribution in [0.3, 0.4) is 0 Å². The topological polar surface area (TPSA) is 16.4 Å². The van der Waals surface area contributed by atoms with Gasteiger partial charge in [0.1, 0.15) is 11.2 Å². The molecule has 0 atom stereocenters. The van der Waals surface area contributed by atoms with Crippen molar-refractivity contribution in [2.45, 2.75) is 0 Å². The second-order valence-corrected chi connectivity index (χ2v) is 14.9. The molecule has 2 nitrogen and oxygen atoms in total. The Bertz CT molecular complexity index is 3260. The molecule has 0 aliphatic rings. The Balaban J connectivity index is 1.07. The summed E-state index contributed by atoms with van der Waals surface area (Å²) in [4.78, 5) is 2.41. The molecule has 2 heteroatoms. The lowest BCUT2D eigenvalue weighted by atomic mass is 9.95. The molecule has 10 aromatic carbocycles. The number of benzene rings is 10. The maximum absolute atomic E-state index is 6.28. The Morgan fingerprint density at radius 3 is 1.64 bits per heavy atom. The monoisotopic (exact) mass is 739 g/mol. The Labute approximate surface area is 337 Å². The van der Waals surface area contributed by atoms with E-state index in [1.54, 1.807) is 0 Å². The van der Waals surface area contributed by atoms with Gasteiger partial charge >= 0.3 is 0 Å². The molecule has 0 aliphatic heterocycles. The van der Waals surface area contributed by atoms with Gasteiger partial charge in [0.15, 0.2) is 0 Å². The second-order valence-electron chi connectivity index (χ2n) is 14.9. The van der Waals surface area contributed by atoms with Gasteiger partial charge in [0.2, 0.25) is 0 Å². The predicted octanol–water partition coefficient (Wildman–Crippen LogP) is 16.0. The number of nitrogens with zero attached hydrogens (tertiary/aromatic N) is 1. The molecule has 0 unspecified atom stereocenters. The maximum Gasteiger partial charge on any atom is 0.136 e. The number of hydrogen-bond donors (Lipinski definition) is 0. The SMILES string of the molecule is c1ccc(-c2ccc(-c3ccc4ccccc4c3)cc2N(c2ccc(-c3ccc4c(c3)oc3ccccc34)cc2)c2ccc(-c3cccc4ccccc34)cc2)cc1. The van der Waals surface area contributed by atoms with Gasteiger partial charge in [0.05, 0.1) is 5.69 Å². The van der Waals surface area contributed by atoms with E-state index in [1.165, 1.54) is 38.2 Å². The zero-order chi connectivity index (χ0) is 38.4. The number of para-hydroxylation sites is 1. The van der Waals surface area contributed by atoms with Gasteiger partial charge in [-0.3, -0.25) is 0 Å². The molecule has 58 heavy (non-hydrogen) atoms. The van der Waals surface area contributed by atoms with Crippen molar-refractivity contribution >= 4 is 60.5 Å². The number of fused-ring (bicyclic) bond motifs is 5. The number of furan rings is 1. The lowest BCUT2D eigenvalue weighted by Crippen LogP contribution is -2.11. The zero-order valence-electron chi connectivity index (χ0n) is 31.7. The number of hydrogen-bond acceptors (Lipinski definition) is 2. The van der Waals surface area contributed by atoms with Crippen LogP contribution in [-0.4, -0.2) is 0 Å². The van der Waals surface area contributed by atoms with E-state index < -0.39 is 0 Å². The fourth-order valence-corrected chi connectivity index (χ4v) is 8.53. The summed E-state index contributed by atoms with van der Waals surface area (Å²) in [6, 6.07) is 80.9. The minimum Gasteiger partial charge on any atom is -0.456 e. The molecule has 11 aromatic rings. The van der Waals surface area contributed by atoms with Crippen molar-refractivity contribution < 1.29 is 4.42 Å². The Kier molecular flexibility index (Phi) is 8.19. The summed E-state index contributed by atoms with van der Waals surface area (Å²) >= 11 is 0. The summed E-state index contributed by atoms with van der Waals surface area (Å²) < 4.78 is 6.28. The summed E-state index contributed by atoms with van der Waals surface area (Å²) in [6.45, 7) is 0. The standard InChI is InChI=1S/C56H37NO/c1-2-12-41(13-3-1)51-33-27-45(44-22-21-38-11-4-5-15-43(38)35-44)36-54(51)57(48-31-25-42(26-32-48)50-19-10-16-40-14-6-7-17-49(40)50)47-29-23-39(24-30-47)46-28-34-53-52-18-8-9-20-55(52)58-56(53)37-46/h1-37H. The first-order valence-corrected chi connectivity index (χ1v) is 19.8. The highest BCUT2D eigenvalue weighted by Crippen LogP contribution is 2.44. The summed E-state index contributed by atoms with van der Waals surface area (Å²) in [6.07, 6.45) is 0. The molecule has 0 spiro atoms. The van der Waals surface area contributed by atoms with Crippen LogP contribution in [0.2, 0.25) is 0 Å². The Morgan fingerprint density at radius 1 is 0.276 bits per heavy atom. The van der Waals surface area contributed by atoms with Crippen LogP contribution in [0.25, 0.3) is 88.0 Å². The summed E-state index contributed by atoms with van der Waals surface area (Å²) in [5.41, 5.74) is 14.4. The van der Waals surface area contributed by atoms with Gasteiger partial charge in [-0.05, 0) is 115 Å². The van der Waals surface area contributed by atoms with Gasteiger partial charge in [-0.15, -0.1) is 0 Å². The van der Waals surface area contributed by atoms with E-state index in [-0.39, 0.29) is 0 Å². The molecule has 1 aromatic heterocycles. The van der Waals surface area contributed by atoms with E-state index in [1.807, 2.05) is 12.1 Å². The lowest BCUT2D eigenvalue weighted by Gasteiger charge is -2.29. The van der Waals surface area contributed by atoms with Gasteiger partial charge in [0, 0.05) is 27.7 Å². The lowest BCUT2D eigenvalue weighted by molar-refractivity contribution is 0.669. The van der Waals surface area contributed by atoms with Crippen molar-refractivity contribution in [2.24, 2.45) is 0 Å². The van der Waals surface area contributed by atoms with Crippen molar-refractivity contribution in [3.8, 4) is 44.5 Å². The van der Waals surface area contributed by atoms with Crippen molar-refractivity contribution in [1.82, 2.24) is 0 Å². The molecule has 0 N–H and O–H groups in total. The first-order valence-electron chi connectivity index (χ1n) is 19.8. The Morgan fingerprint density at radius 2 is 0.828 bits per heavy atom. The van der Waals surface area contributed by atoms with Crippen LogP contribution in [0.5, 0.6) is 0 Å². The molecule has 0 saturated carbocycles. The van der Waals surface area contributed by atoms with Gasteiger partial charge in [-0.1, -0.05) is 170 Å². The van der Waals surface area contributed by atoms with E-state index >= 15 is 0 Å². The highest BCUT2D eigenvalue weighted by Gasteiger charge is 2.20. The molecule has 1 heterocycles. The molecule has 11 rings (SSSR count). The molecule has 0 radical (unpaired) electrons. The van der Waals surface area contributed by atoms with Crippen LogP contribution >= 0.6 is 0 Å². The van der Waals surface area contributed by atoms with Gasteiger partial charge in [-0.2, -0.15) is 0 Å². The molecule has 0 aliphatic carbocycles. The quantitative estimate of drug-likeness (QED) is 0.162. The third-order valence-electron chi connectivity index (χ3n) is 11.5. The van der Waals surface area contributed by atoms with E-state index in [4.69, 9.17) is 4.42 Å². The first-order chi connectivity index (χ1) is 28.7. The third kappa shape index (κ3) is 6.00. The maximum atomic E-state index is 6.28. The molecule has 0 bridgehead atoms. The summed E-state index contributed by atoms with van der Waals surface area (Å²) in [5.74, 6) is 0. The van der Waals surface area contributed by atoms with Crippen LogP contribution in [0.4, 0.5) is 17.1 Å². The minimum atomic E-state index is 0.897. The van der Waals surface area contributed by atoms with Crippen LogP contribution in [0.15, 0.2) is 229 Å². The number of rotatable bonds is 7. The van der Waals surface area contributed by atoms with E-state index in [9.17, 15) is 0 Å². The molecular weight excluding hydrogens is 703 g/mol. The van der Waals surface area contributed by atoms with Crippen molar-refractivity contribution in [1.29, 1.82) is 0 Å². The highest BCUT2D eigenvalue weighted by atomic mass is 16.3. The Hall–Kier alpha value is -7.68. The van der Waals surface area contributed by atoms with Crippen LogP contribution in [-0.2, 0) is 0 Å². The van der Waals surface area contributed by atoms with E-state index in [2.05, 4.69) is 217 Å². The predicted molar refractivity (Wildman–Crippen MR) is 245 cm³/mol. The van der Waals surface area contributed by atoms with Crippen LogP contribution < -0.4 is 4.90 Å². The van der Waals surface area contributed by atoms with Gasteiger partial charge in [-0.25, -0.2) is 0 Å². The molecule has 272 valence electrons. The van der Waals surface area contributed by atoms with Crippen LogP contribution in [0.1, 0.15) is 0 Å². The largest absolute Gasteiger partial charge is 0.456 e. The fraction of sp³-hybridized carbons (Fsp3) is 0. The number of anilines is 3.